The minimum Gasteiger partial charge on any atom is -1.00 e. The average molecular weight is 677 g/mol. The number of esters is 1. The van der Waals surface area contributed by atoms with Crippen molar-refractivity contribution >= 4 is 29.3 Å². The van der Waals surface area contributed by atoms with E-state index < -0.39 is 17.3 Å². The Hall–Kier alpha value is -2.76. The van der Waals surface area contributed by atoms with Crippen molar-refractivity contribution in [1.29, 1.82) is 0 Å². The lowest BCUT2D eigenvalue weighted by Gasteiger charge is -2.34. The van der Waals surface area contributed by atoms with Gasteiger partial charge < -0.3 is 47.6 Å². The molecule has 2 atom stereocenters. The van der Waals surface area contributed by atoms with Crippen molar-refractivity contribution in [2.24, 2.45) is 0 Å². The van der Waals surface area contributed by atoms with E-state index in [1.807, 2.05) is 66.7 Å². The molecule has 0 aliphatic carbocycles. The number of rotatable bonds is 10. The lowest BCUT2D eigenvalue weighted by atomic mass is 10.1. The van der Waals surface area contributed by atoms with E-state index in [0.717, 1.165) is 52.7 Å². The second kappa shape index (κ2) is 14.2. The van der Waals surface area contributed by atoms with Gasteiger partial charge in [0, 0.05) is 18.2 Å². The number of methoxy groups -OCH3 is 2. The molecule has 1 aliphatic heterocycles. The summed E-state index contributed by atoms with van der Waals surface area (Å²) >= 11 is 1.55. The lowest BCUT2D eigenvalue weighted by Crippen LogP contribution is -3.00. The number of fused-ring (bicyclic) bond motifs is 1. The van der Waals surface area contributed by atoms with Crippen LogP contribution in [0.1, 0.15) is 23.3 Å². The number of para-hydroxylation sites is 2. The van der Waals surface area contributed by atoms with E-state index in [-0.39, 0.29) is 29.9 Å². The zero-order valence-electron chi connectivity index (χ0n) is 23.6. The second-order valence-electron chi connectivity index (χ2n) is 10.2. The van der Waals surface area contributed by atoms with Crippen LogP contribution in [0.3, 0.4) is 0 Å². The van der Waals surface area contributed by atoms with Crippen molar-refractivity contribution in [3.05, 3.63) is 83.9 Å². The van der Waals surface area contributed by atoms with Crippen LogP contribution in [0.5, 0.6) is 11.5 Å². The maximum atomic E-state index is 14.1. The fourth-order valence-electron chi connectivity index (χ4n) is 4.75. The van der Waals surface area contributed by atoms with Gasteiger partial charge in [0.25, 0.3) is 5.91 Å². The zero-order chi connectivity index (χ0) is 28.0. The van der Waals surface area contributed by atoms with Gasteiger partial charge in [-0.2, -0.15) is 0 Å². The number of likely N-dealkylation sites (N-methyl/N-ethyl adjacent to an activating group) is 1. The number of hydrogen-bond donors (Lipinski definition) is 0. The van der Waals surface area contributed by atoms with Gasteiger partial charge in [0.1, 0.15) is 11.5 Å². The molecule has 1 heterocycles. The van der Waals surface area contributed by atoms with Crippen molar-refractivity contribution in [2.45, 2.75) is 29.6 Å². The summed E-state index contributed by atoms with van der Waals surface area (Å²) in [6.45, 7) is 3.44. The predicted octanol–water partition coefficient (Wildman–Crippen LogP) is 2.14. The Kier molecular flexibility index (Phi) is 11.3. The van der Waals surface area contributed by atoms with Gasteiger partial charge in [0.15, 0.2) is 6.10 Å². The van der Waals surface area contributed by atoms with Gasteiger partial charge in [0.05, 0.1) is 58.9 Å². The van der Waals surface area contributed by atoms with Gasteiger partial charge in [0.2, 0.25) is 0 Å². The molecule has 9 heteroatoms. The molecule has 0 spiro atoms. The predicted molar refractivity (Wildman–Crippen MR) is 154 cm³/mol. The largest absolute Gasteiger partial charge is 1.00 e. The van der Waals surface area contributed by atoms with E-state index >= 15 is 0 Å². The number of carbonyl (C=O) groups excluding carboxylic acids is 2. The molecule has 0 radical (unpaired) electrons. The Labute approximate surface area is 258 Å². The van der Waals surface area contributed by atoms with E-state index in [1.54, 1.807) is 30.9 Å². The molecule has 0 aromatic heterocycles. The maximum absolute atomic E-state index is 14.1. The molecule has 3 aromatic carbocycles. The highest BCUT2D eigenvalue weighted by molar-refractivity contribution is 7.99. The van der Waals surface area contributed by atoms with Crippen LogP contribution in [-0.4, -0.2) is 70.4 Å². The van der Waals surface area contributed by atoms with Crippen LogP contribution in [0.15, 0.2) is 77.7 Å². The number of anilines is 1. The van der Waals surface area contributed by atoms with Crippen molar-refractivity contribution < 1.29 is 52.3 Å². The number of hydrogen-bond acceptors (Lipinski definition) is 6. The molecule has 4 rings (SSSR count). The van der Waals surface area contributed by atoms with Gasteiger partial charge in [-0.25, -0.2) is 0 Å². The molecule has 1 amide bonds. The van der Waals surface area contributed by atoms with Crippen LogP contribution < -0.4 is 38.4 Å². The van der Waals surface area contributed by atoms with Crippen LogP contribution >= 0.6 is 11.8 Å². The lowest BCUT2D eigenvalue weighted by molar-refractivity contribution is -0.888. The Morgan fingerprint density at radius 3 is 2.27 bits per heavy atom. The molecule has 0 fully saturated rings. The molecule has 0 saturated heterocycles. The maximum Gasteiger partial charge on any atom is 0.303 e. The Morgan fingerprint density at radius 1 is 0.925 bits per heavy atom. The SMILES string of the molecule is COc1ccc([C@H]2Sc3ccccc3N(CC[N+](C)(C)CCc3ccccc3OC)C(=O)[C@H]2OC(C)=O)cc1.[I-]. The topological polar surface area (TPSA) is 65.1 Å². The third-order valence-electron chi connectivity index (χ3n) is 7.04. The van der Waals surface area contributed by atoms with Crippen molar-refractivity contribution in [2.75, 3.05) is 52.8 Å². The molecule has 3 aromatic rings. The smallest absolute Gasteiger partial charge is 0.303 e. The summed E-state index contributed by atoms with van der Waals surface area (Å²) in [5, 5.41) is -0.397. The third kappa shape index (κ3) is 7.70. The number of halogens is 1. The van der Waals surface area contributed by atoms with Crippen LogP contribution in [0.25, 0.3) is 0 Å². The van der Waals surface area contributed by atoms with E-state index in [9.17, 15) is 9.59 Å². The first-order valence-corrected chi connectivity index (χ1v) is 13.9. The van der Waals surface area contributed by atoms with Gasteiger partial charge in [-0.3, -0.25) is 9.59 Å². The summed E-state index contributed by atoms with van der Waals surface area (Å²) in [7, 11) is 7.65. The van der Waals surface area contributed by atoms with Gasteiger partial charge in [-0.15, -0.1) is 11.8 Å². The minimum atomic E-state index is -0.961. The molecular formula is C31H37IN2O5S. The Bertz CT molecular complexity index is 1300. The zero-order valence-corrected chi connectivity index (χ0v) is 26.6. The first-order valence-electron chi connectivity index (χ1n) is 13.0. The quantitative estimate of drug-likeness (QED) is 0.187. The number of nitrogens with zero attached hydrogens (tertiary/aromatic N) is 2. The second-order valence-corrected chi connectivity index (χ2v) is 11.4. The average Bonchev–Trinajstić information content (AvgIpc) is 3.05. The number of ether oxygens (including phenoxy) is 3. The van der Waals surface area contributed by atoms with E-state index in [2.05, 4.69) is 20.2 Å². The molecule has 7 nitrogen and oxygen atoms in total. The summed E-state index contributed by atoms with van der Waals surface area (Å²) in [6.07, 6.45) is -0.106. The molecule has 0 N–H and O–H groups in total. The van der Waals surface area contributed by atoms with E-state index in [0.29, 0.717) is 11.0 Å². The molecule has 0 unspecified atom stereocenters. The van der Waals surface area contributed by atoms with Crippen LogP contribution in [0.4, 0.5) is 5.69 Å². The number of quaternary nitrogens is 1. The van der Waals surface area contributed by atoms with Gasteiger partial charge >= 0.3 is 5.97 Å². The van der Waals surface area contributed by atoms with E-state index in [4.69, 9.17) is 14.2 Å². The highest BCUT2D eigenvalue weighted by Gasteiger charge is 2.41. The first kappa shape index (κ1) is 31.8. The summed E-state index contributed by atoms with van der Waals surface area (Å²) in [4.78, 5) is 29.1. The molecule has 214 valence electrons. The minimum absolute atomic E-state index is 0. The molecule has 0 bridgehead atoms. The summed E-state index contributed by atoms with van der Waals surface area (Å²) in [5.41, 5.74) is 2.89. The number of benzene rings is 3. The summed E-state index contributed by atoms with van der Waals surface area (Å²) in [6, 6.07) is 23.6. The monoisotopic (exact) mass is 676 g/mol. The standard InChI is InChI=1S/C31H37N2O5S.HI/c1-22(34)38-29-30(24-14-16-25(36-4)17-15-24)39-28-13-9-7-11-26(28)32(31(29)35)19-21-33(2,3)20-18-23-10-6-8-12-27(23)37-5;/h6-17,29-30H,18-21H2,1-5H3;1H/q+1;/p-1/t29-,30+;/m0./s1. The van der Waals surface area contributed by atoms with Gasteiger partial charge in [-0.1, -0.05) is 42.5 Å². The van der Waals surface area contributed by atoms with Crippen LogP contribution in [0.2, 0.25) is 0 Å². The van der Waals surface area contributed by atoms with E-state index in [1.165, 1.54) is 6.92 Å². The highest BCUT2D eigenvalue weighted by Crippen LogP contribution is 2.46. The number of thioether (sulfide) groups is 1. The normalized spacial score (nSPS) is 16.8. The molecular weight excluding hydrogens is 639 g/mol. The summed E-state index contributed by atoms with van der Waals surface area (Å²) in [5.74, 6) is 0.919. The number of carbonyl (C=O) groups is 2. The fourth-order valence-corrected chi connectivity index (χ4v) is 6.07. The first-order chi connectivity index (χ1) is 18.7. The highest BCUT2D eigenvalue weighted by atomic mass is 127. The third-order valence-corrected chi connectivity index (χ3v) is 8.41. The molecule has 40 heavy (non-hydrogen) atoms. The van der Waals surface area contributed by atoms with Crippen molar-refractivity contribution in [3.63, 3.8) is 0 Å². The Morgan fingerprint density at radius 2 is 1.60 bits per heavy atom. The van der Waals surface area contributed by atoms with Crippen LogP contribution in [-0.2, 0) is 20.7 Å². The van der Waals surface area contributed by atoms with Gasteiger partial charge in [-0.05, 0) is 41.5 Å². The molecule has 1 aliphatic rings. The number of amides is 1. The summed E-state index contributed by atoms with van der Waals surface area (Å²) < 4.78 is 17.3. The van der Waals surface area contributed by atoms with Crippen molar-refractivity contribution in [1.82, 2.24) is 0 Å². The van der Waals surface area contributed by atoms with Crippen LogP contribution in [0, 0.1) is 0 Å². The Balaban J connectivity index is 0.00000441. The van der Waals surface area contributed by atoms with Crippen molar-refractivity contribution in [3.8, 4) is 11.5 Å². The molecule has 0 saturated carbocycles. The fraction of sp³-hybridized carbons (Fsp3) is 0.355.